The molecule has 1 saturated carbocycles. The molecule has 1 saturated heterocycles. The maximum atomic E-state index is 15.4. The number of benzene rings is 3. The number of pyridine rings is 1. The molecular formula is C35H32FN3O9. The first kappa shape index (κ1) is 31.1. The van der Waals surface area contributed by atoms with E-state index in [0.29, 0.717) is 55.2 Å². The number of aromatic nitrogens is 1. The second-order valence-corrected chi connectivity index (χ2v) is 12.0. The lowest BCUT2D eigenvalue weighted by molar-refractivity contribution is 0.0694. The number of phenols is 2. The summed E-state index contributed by atoms with van der Waals surface area (Å²) >= 11 is 0. The van der Waals surface area contributed by atoms with Crippen molar-refractivity contribution in [2.75, 3.05) is 51.3 Å². The minimum atomic E-state index is -1.33. The number of piperazine rings is 1. The largest absolute Gasteiger partial charge is 0.507 e. The van der Waals surface area contributed by atoms with Gasteiger partial charge in [-0.3, -0.25) is 14.5 Å². The fraction of sp³-hybridized carbons (Fsp3) is 0.286. The number of anilines is 1. The van der Waals surface area contributed by atoms with Crippen molar-refractivity contribution < 1.29 is 38.4 Å². The highest BCUT2D eigenvalue weighted by Gasteiger charge is 2.28. The van der Waals surface area contributed by atoms with E-state index in [1.165, 1.54) is 37.6 Å². The summed E-state index contributed by atoms with van der Waals surface area (Å²) in [4.78, 5) is 41.4. The van der Waals surface area contributed by atoms with Crippen LogP contribution in [0, 0.1) is 5.82 Å². The number of aromatic hydroxyl groups is 2. The van der Waals surface area contributed by atoms with Crippen LogP contribution in [0.2, 0.25) is 0 Å². The molecule has 48 heavy (non-hydrogen) atoms. The second-order valence-electron chi connectivity index (χ2n) is 12.0. The molecule has 0 unspecified atom stereocenters. The van der Waals surface area contributed by atoms with Gasteiger partial charge in [0.15, 0.2) is 16.9 Å². The van der Waals surface area contributed by atoms with Crippen LogP contribution in [0.5, 0.6) is 23.0 Å². The number of hydrogen-bond donors (Lipinski definition) is 3. The van der Waals surface area contributed by atoms with Gasteiger partial charge in [0, 0.05) is 74.1 Å². The number of rotatable bonds is 9. The van der Waals surface area contributed by atoms with Gasteiger partial charge in [0.25, 0.3) is 0 Å². The van der Waals surface area contributed by atoms with Crippen LogP contribution in [0.15, 0.2) is 68.7 Å². The number of carbonyl (C=O) groups is 1. The molecule has 7 rings (SSSR count). The van der Waals surface area contributed by atoms with Crippen molar-refractivity contribution in [2.24, 2.45) is 0 Å². The number of hydrogen-bond acceptors (Lipinski definition) is 10. The highest BCUT2D eigenvalue weighted by Crippen LogP contribution is 2.38. The van der Waals surface area contributed by atoms with Crippen molar-refractivity contribution >= 4 is 33.5 Å². The predicted octanol–water partition coefficient (Wildman–Crippen LogP) is 4.57. The van der Waals surface area contributed by atoms with Crippen molar-refractivity contribution in [1.82, 2.24) is 9.47 Å². The molecule has 1 aliphatic heterocycles. The van der Waals surface area contributed by atoms with Crippen molar-refractivity contribution in [2.45, 2.75) is 18.9 Å². The number of carboxylic acid groups (broad SMARTS) is 1. The Bertz CT molecular complexity index is 2200. The van der Waals surface area contributed by atoms with Crippen molar-refractivity contribution in [3.05, 3.63) is 86.6 Å². The van der Waals surface area contributed by atoms with Gasteiger partial charge < -0.3 is 38.7 Å². The average molecular weight is 658 g/mol. The summed E-state index contributed by atoms with van der Waals surface area (Å²) in [6, 6.07) is 11.6. The molecule has 1 aliphatic carbocycles. The Labute approximate surface area is 272 Å². The van der Waals surface area contributed by atoms with Gasteiger partial charge in [-0.1, -0.05) is 0 Å². The fourth-order valence-electron chi connectivity index (χ4n) is 6.23. The van der Waals surface area contributed by atoms with E-state index in [9.17, 15) is 29.7 Å². The summed E-state index contributed by atoms with van der Waals surface area (Å²) in [7, 11) is 1.43. The monoisotopic (exact) mass is 657 g/mol. The van der Waals surface area contributed by atoms with Gasteiger partial charge in [0.2, 0.25) is 5.43 Å². The van der Waals surface area contributed by atoms with Crippen LogP contribution in [0.1, 0.15) is 29.2 Å². The van der Waals surface area contributed by atoms with Crippen LogP contribution in [0.4, 0.5) is 10.1 Å². The zero-order valence-corrected chi connectivity index (χ0v) is 25.9. The SMILES string of the molecule is COc1ccc(-c2cc(=O)c3c(O)cc(OCCN4CCN(c5cc6c(cc5F)c(=O)c(C(=O)O)cn6C5CC5)CC4)cc3o2)cc1O. The molecule has 0 atom stereocenters. The molecule has 3 N–H and O–H groups in total. The normalized spacial score (nSPS) is 15.2. The number of carboxylic acids is 1. The van der Waals surface area contributed by atoms with E-state index in [4.69, 9.17) is 13.9 Å². The Kier molecular flexibility index (Phi) is 7.91. The zero-order chi connectivity index (χ0) is 33.7. The average Bonchev–Trinajstić information content (AvgIpc) is 3.90. The standard InChI is InChI=1S/C35H32FN3O9/c1-46-30-5-2-19(12-27(30)40)31-17-29(42)33-28(41)13-21(14-32(33)48-31)47-11-10-37-6-8-38(9-7-37)26-16-25-22(15-24(26)36)34(43)23(35(44)45)18-39(25)20-3-4-20/h2,5,12-18,20,40-41H,3-4,6-11H2,1H3,(H,44,45). The summed E-state index contributed by atoms with van der Waals surface area (Å²) < 4.78 is 34.1. The van der Waals surface area contributed by atoms with Gasteiger partial charge in [-0.2, -0.15) is 0 Å². The third-order valence-corrected chi connectivity index (χ3v) is 8.91. The molecule has 0 radical (unpaired) electrons. The predicted molar refractivity (Wildman–Crippen MR) is 175 cm³/mol. The lowest BCUT2D eigenvalue weighted by Gasteiger charge is -2.36. The van der Waals surface area contributed by atoms with E-state index >= 15 is 4.39 Å². The van der Waals surface area contributed by atoms with Gasteiger partial charge in [0.05, 0.1) is 18.3 Å². The molecule has 13 heteroatoms. The Morgan fingerprint density at radius 1 is 1.00 bits per heavy atom. The first-order valence-electron chi connectivity index (χ1n) is 15.5. The first-order chi connectivity index (χ1) is 23.1. The first-order valence-corrected chi connectivity index (χ1v) is 15.5. The van der Waals surface area contributed by atoms with Crippen LogP contribution >= 0.6 is 0 Å². The summed E-state index contributed by atoms with van der Waals surface area (Å²) in [5.41, 5.74) is -0.0291. The van der Waals surface area contributed by atoms with E-state index < -0.39 is 22.6 Å². The molecule has 2 aliphatic rings. The van der Waals surface area contributed by atoms with Crippen molar-refractivity contribution in [3.63, 3.8) is 0 Å². The molecule has 3 heterocycles. The number of fused-ring (bicyclic) bond motifs is 2. The van der Waals surface area contributed by atoms with E-state index in [0.717, 1.165) is 18.9 Å². The maximum Gasteiger partial charge on any atom is 0.341 e. The van der Waals surface area contributed by atoms with Crippen molar-refractivity contribution in [1.29, 1.82) is 0 Å². The molecular weight excluding hydrogens is 625 g/mol. The Balaban J connectivity index is 1.02. The van der Waals surface area contributed by atoms with E-state index in [2.05, 4.69) is 4.90 Å². The smallest absolute Gasteiger partial charge is 0.341 e. The molecule has 2 aromatic heterocycles. The third-order valence-electron chi connectivity index (χ3n) is 8.91. The van der Waals surface area contributed by atoms with Crippen molar-refractivity contribution in [3.8, 4) is 34.3 Å². The highest BCUT2D eigenvalue weighted by atomic mass is 19.1. The molecule has 3 aromatic carbocycles. The Morgan fingerprint density at radius 2 is 1.77 bits per heavy atom. The molecule has 2 fully saturated rings. The number of halogens is 1. The molecule has 0 amide bonds. The number of ether oxygens (including phenoxy) is 2. The fourth-order valence-corrected chi connectivity index (χ4v) is 6.23. The van der Waals surface area contributed by atoms with E-state index in [1.807, 2.05) is 4.90 Å². The summed E-state index contributed by atoms with van der Waals surface area (Å²) in [5, 5.41) is 30.3. The second kappa shape index (κ2) is 12.2. The number of nitrogens with zero attached hydrogens (tertiary/aromatic N) is 3. The van der Waals surface area contributed by atoms with Gasteiger partial charge in [-0.15, -0.1) is 0 Å². The number of phenolic OH excluding ortho intramolecular Hbond substituents is 2. The van der Waals surface area contributed by atoms with Crippen LogP contribution in [0.25, 0.3) is 33.2 Å². The minimum Gasteiger partial charge on any atom is -0.507 e. The lowest BCUT2D eigenvalue weighted by atomic mass is 10.1. The van der Waals surface area contributed by atoms with Crippen LogP contribution in [-0.4, -0.2) is 77.2 Å². The summed E-state index contributed by atoms with van der Waals surface area (Å²) in [5.74, 6) is -1.52. The van der Waals surface area contributed by atoms with Gasteiger partial charge in [0.1, 0.15) is 46.2 Å². The molecule has 248 valence electrons. The minimum absolute atomic E-state index is 0.0114. The lowest BCUT2D eigenvalue weighted by Crippen LogP contribution is -2.47. The zero-order valence-electron chi connectivity index (χ0n) is 25.9. The van der Waals surface area contributed by atoms with E-state index in [1.54, 1.807) is 22.8 Å². The molecule has 0 bridgehead atoms. The molecule has 0 spiro atoms. The summed E-state index contributed by atoms with van der Waals surface area (Å²) in [6.07, 6.45) is 3.11. The quantitative estimate of drug-likeness (QED) is 0.204. The topological polar surface area (TPSA) is 155 Å². The number of aromatic carboxylic acids is 1. The van der Waals surface area contributed by atoms with Crippen LogP contribution < -0.4 is 25.2 Å². The van der Waals surface area contributed by atoms with Gasteiger partial charge in [-0.25, -0.2) is 9.18 Å². The number of methoxy groups -OCH3 is 1. The van der Waals surface area contributed by atoms with Gasteiger partial charge in [-0.05, 0) is 43.2 Å². The highest BCUT2D eigenvalue weighted by molar-refractivity contribution is 5.93. The molecule has 5 aromatic rings. The van der Waals surface area contributed by atoms with Crippen LogP contribution in [-0.2, 0) is 0 Å². The maximum absolute atomic E-state index is 15.4. The Morgan fingerprint density at radius 3 is 2.46 bits per heavy atom. The van der Waals surface area contributed by atoms with Gasteiger partial charge >= 0.3 is 5.97 Å². The van der Waals surface area contributed by atoms with Crippen LogP contribution in [0.3, 0.4) is 0 Å². The summed E-state index contributed by atoms with van der Waals surface area (Å²) in [6.45, 7) is 3.09. The third kappa shape index (κ3) is 5.77. The van der Waals surface area contributed by atoms with E-state index in [-0.39, 0.29) is 57.6 Å². The Hall–Kier alpha value is -5.56. The molecule has 12 nitrogen and oxygen atoms in total.